The predicted molar refractivity (Wildman–Crippen MR) is 80.5 cm³/mol. The summed E-state index contributed by atoms with van der Waals surface area (Å²) >= 11 is 5.80. The Morgan fingerprint density at radius 2 is 2.05 bits per heavy atom. The number of halogens is 1. The molecule has 1 heterocycles. The first-order chi connectivity index (χ1) is 9.84. The topological polar surface area (TPSA) is 85.8 Å². The molecule has 3 N–H and O–H groups in total. The maximum atomic E-state index is 11.9. The van der Waals surface area contributed by atoms with E-state index in [1.807, 2.05) is 26.0 Å². The molecule has 0 spiro atoms. The monoisotopic (exact) mass is 307 g/mol. The van der Waals surface area contributed by atoms with Crippen molar-refractivity contribution in [2.45, 2.75) is 32.5 Å². The van der Waals surface area contributed by atoms with Crippen molar-refractivity contribution in [1.29, 1.82) is 0 Å². The summed E-state index contributed by atoms with van der Waals surface area (Å²) in [7, 11) is 0. The Balaban J connectivity index is 1.87. The molecule has 6 nitrogen and oxygen atoms in total. The number of rotatable bonds is 5. The van der Waals surface area contributed by atoms with Gasteiger partial charge in [-0.2, -0.15) is 0 Å². The van der Waals surface area contributed by atoms with E-state index >= 15 is 0 Å². The normalized spacial score (nSPS) is 11.4. The molecule has 0 aliphatic carbocycles. The van der Waals surface area contributed by atoms with Crippen LogP contribution in [0.4, 0.5) is 0 Å². The molecule has 0 atom stereocenters. The van der Waals surface area contributed by atoms with Crippen LogP contribution in [0.1, 0.15) is 25.1 Å². The fraction of sp³-hybridized carbons (Fsp3) is 0.357. The highest BCUT2D eigenvalue weighted by molar-refractivity contribution is 6.30. The molecule has 0 radical (unpaired) electrons. The molecule has 0 saturated carbocycles. The molecule has 1 amide bonds. The Morgan fingerprint density at radius 3 is 2.62 bits per heavy atom. The molecule has 2 aromatic rings. The first-order valence-corrected chi connectivity index (χ1v) is 6.93. The van der Waals surface area contributed by atoms with Gasteiger partial charge in [0.05, 0.1) is 11.7 Å². The van der Waals surface area contributed by atoms with E-state index in [4.69, 9.17) is 17.3 Å². The number of carbonyl (C=O) groups excluding carboxylic acids is 1. The van der Waals surface area contributed by atoms with Gasteiger partial charge in [-0.05, 0) is 31.5 Å². The number of hydrogen-bond donors (Lipinski definition) is 2. The van der Waals surface area contributed by atoms with Crippen LogP contribution in [0.15, 0.2) is 30.5 Å². The summed E-state index contributed by atoms with van der Waals surface area (Å²) in [6.07, 6.45) is 1.68. The highest BCUT2D eigenvalue weighted by Crippen LogP contribution is 2.12. The van der Waals surface area contributed by atoms with Gasteiger partial charge in [0.1, 0.15) is 12.2 Å². The van der Waals surface area contributed by atoms with Crippen LogP contribution >= 0.6 is 11.6 Å². The van der Waals surface area contributed by atoms with Crippen LogP contribution in [0.2, 0.25) is 5.02 Å². The molecule has 2 rings (SSSR count). The van der Waals surface area contributed by atoms with E-state index in [9.17, 15) is 4.79 Å². The number of nitrogens with zero attached hydrogens (tertiary/aromatic N) is 3. The van der Waals surface area contributed by atoms with Crippen molar-refractivity contribution in [1.82, 2.24) is 20.3 Å². The van der Waals surface area contributed by atoms with E-state index in [2.05, 4.69) is 15.6 Å². The summed E-state index contributed by atoms with van der Waals surface area (Å²) in [4.78, 5) is 11.9. The zero-order chi connectivity index (χ0) is 15.5. The lowest BCUT2D eigenvalue weighted by Gasteiger charge is -2.13. The summed E-state index contributed by atoms with van der Waals surface area (Å²) in [6.45, 7) is 4.22. The first-order valence-electron chi connectivity index (χ1n) is 6.55. The quantitative estimate of drug-likeness (QED) is 0.875. The van der Waals surface area contributed by atoms with Gasteiger partial charge < -0.3 is 11.1 Å². The van der Waals surface area contributed by atoms with Crippen LogP contribution in [0.3, 0.4) is 0 Å². The molecule has 1 aromatic heterocycles. The number of benzene rings is 1. The van der Waals surface area contributed by atoms with E-state index in [0.717, 1.165) is 5.56 Å². The lowest BCUT2D eigenvalue weighted by atomic mass is 10.0. The Morgan fingerprint density at radius 1 is 1.38 bits per heavy atom. The molecule has 7 heteroatoms. The zero-order valence-corrected chi connectivity index (χ0v) is 12.8. The molecule has 0 aliphatic heterocycles. The standard InChI is InChI=1S/C14H18ClN5O/c1-14(2,16)12-8-20(19-18-12)9-13(21)17-7-10-3-5-11(15)6-4-10/h3-6,8H,7,9,16H2,1-2H3,(H,17,21). The smallest absolute Gasteiger partial charge is 0.242 e. The highest BCUT2D eigenvalue weighted by Gasteiger charge is 2.18. The molecule has 0 aliphatic rings. The third-order valence-corrected chi connectivity index (χ3v) is 3.16. The molecule has 112 valence electrons. The number of nitrogens with two attached hydrogens (primary N) is 1. The van der Waals surface area contributed by atoms with Gasteiger partial charge in [-0.1, -0.05) is 28.9 Å². The van der Waals surface area contributed by atoms with E-state index in [0.29, 0.717) is 17.3 Å². The molecule has 0 fully saturated rings. The van der Waals surface area contributed by atoms with E-state index < -0.39 is 5.54 Å². The van der Waals surface area contributed by atoms with Crippen molar-refractivity contribution in [3.8, 4) is 0 Å². The average Bonchev–Trinajstić information content (AvgIpc) is 2.86. The van der Waals surface area contributed by atoms with Gasteiger partial charge in [-0.15, -0.1) is 5.10 Å². The molecular weight excluding hydrogens is 290 g/mol. The molecule has 0 bridgehead atoms. The SMILES string of the molecule is CC(C)(N)c1cn(CC(=O)NCc2ccc(Cl)cc2)nn1. The average molecular weight is 308 g/mol. The lowest BCUT2D eigenvalue weighted by Crippen LogP contribution is -2.29. The molecular formula is C14H18ClN5O. The Hall–Kier alpha value is -1.92. The van der Waals surface area contributed by atoms with E-state index in [1.54, 1.807) is 18.3 Å². The third-order valence-electron chi connectivity index (χ3n) is 2.91. The summed E-state index contributed by atoms with van der Waals surface area (Å²) in [6, 6.07) is 7.31. The van der Waals surface area contributed by atoms with Crippen LogP contribution in [0.5, 0.6) is 0 Å². The fourth-order valence-corrected chi connectivity index (χ4v) is 1.80. The number of nitrogens with one attached hydrogen (secondary N) is 1. The van der Waals surface area contributed by atoms with Crippen molar-refractivity contribution in [3.63, 3.8) is 0 Å². The van der Waals surface area contributed by atoms with Gasteiger partial charge in [0.25, 0.3) is 0 Å². The van der Waals surface area contributed by atoms with Gasteiger partial charge >= 0.3 is 0 Å². The molecule has 0 saturated heterocycles. The summed E-state index contributed by atoms with van der Waals surface area (Å²) in [5.41, 5.74) is 6.98. The van der Waals surface area contributed by atoms with Gasteiger partial charge in [0.15, 0.2) is 0 Å². The van der Waals surface area contributed by atoms with Crippen LogP contribution < -0.4 is 11.1 Å². The largest absolute Gasteiger partial charge is 0.350 e. The Bertz CT molecular complexity index is 615. The highest BCUT2D eigenvalue weighted by atomic mass is 35.5. The Kier molecular flexibility index (Phi) is 4.59. The van der Waals surface area contributed by atoms with Crippen molar-refractivity contribution in [2.24, 2.45) is 5.73 Å². The minimum Gasteiger partial charge on any atom is -0.350 e. The number of aromatic nitrogens is 3. The van der Waals surface area contributed by atoms with Gasteiger partial charge in [-0.25, -0.2) is 4.68 Å². The number of carbonyl (C=O) groups is 1. The van der Waals surface area contributed by atoms with Crippen LogP contribution in [0, 0.1) is 0 Å². The molecule has 0 unspecified atom stereocenters. The third kappa shape index (κ3) is 4.54. The van der Waals surface area contributed by atoms with Crippen molar-refractivity contribution < 1.29 is 4.79 Å². The minimum atomic E-state index is -0.571. The second kappa shape index (κ2) is 6.24. The molecule has 21 heavy (non-hydrogen) atoms. The van der Waals surface area contributed by atoms with Crippen LogP contribution in [0.25, 0.3) is 0 Å². The minimum absolute atomic E-state index is 0.108. The van der Waals surface area contributed by atoms with E-state index in [-0.39, 0.29) is 12.5 Å². The summed E-state index contributed by atoms with van der Waals surface area (Å²) < 4.78 is 1.47. The van der Waals surface area contributed by atoms with Crippen molar-refractivity contribution >= 4 is 17.5 Å². The van der Waals surface area contributed by atoms with Gasteiger partial charge in [-0.3, -0.25) is 4.79 Å². The maximum Gasteiger partial charge on any atom is 0.242 e. The second-order valence-electron chi connectivity index (χ2n) is 5.43. The maximum absolute atomic E-state index is 11.9. The number of amides is 1. The van der Waals surface area contributed by atoms with Crippen molar-refractivity contribution in [2.75, 3.05) is 0 Å². The lowest BCUT2D eigenvalue weighted by molar-refractivity contribution is -0.122. The van der Waals surface area contributed by atoms with Gasteiger partial charge in [0.2, 0.25) is 5.91 Å². The summed E-state index contributed by atoms with van der Waals surface area (Å²) in [5.74, 6) is -0.142. The predicted octanol–water partition coefficient (Wildman–Crippen LogP) is 1.44. The molecule has 1 aromatic carbocycles. The Labute approximate surface area is 128 Å². The zero-order valence-electron chi connectivity index (χ0n) is 12.0. The van der Waals surface area contributed by atoms with Crippen LogP contribution in [-0.4, -0.2) is 20.9 Å². The first kappa shape index (κ1) is 15.5. The number of hydrogen-bond acceptors (Lipinski definition) is 4. The van der Waals surface area contributed by atoms with Crippen molar-refractivity contribution in [3.05, 3.63) is 46.7 Å². The van der Waals surface area contributed by atoms with E-state index in [1.165, 1.54) is 4.68 Å². The fourth-order valence-electron chi connectivity index (χ4n) is 1.68. The second-order valence-corrected chi connectivity index (χ2v) is 5.86. The summed E-state index contributed by atoms with van der Waals surface area (Å²) in [5, 5.41) is 11.3. The van der Waals surface area contributed by atoms with Gasteiger partial charge in [0, 0.05) is 11.6 Å². The van der Waals surface area contributed by atoms with Crippen LogP contribution in [-0.2, 0) is 23.4 Å².